The maximum Gasteiger partial charge on any atom is 0.305 e. The van der Waals surface area contributed by atoms with E-state index in [1.54, 1.807) is 0 Å². The lowest BCUT2D eigenvalue weighted by Gasteiger charge is -2.08. The van der Waals surface area contributed by atoms with Crippen LogP contribution in [0.4, 0.5) is 0 Å². The minimum Gasteiger partial charge on any atom is -0.463 e. The molecule has 25 heavy (non-hydrogen) atoms. The van der Waals surface area contributed by atoms with Crippen LogP contribution in [-0.4, -0.2) is 35.5 Å². The minimum atomic E-state index is -0.966. The maximum atomic E-state index is 11.4. The second-order valence-corrected chi connectivity index (χ2v) is 6.50. The van der Waals surface area contributed by atoms with E-state index in [0.29, 0.717) is 6.42 Å². The van der Waals surface area contributed by atoms with Gasteiger partial charge in [0.1, 0.15) is 12.7 Å². The van der Waals surface area contributed by atoms with Crippen molar-refractivity contribution in [3.8, 4) is 0 Å². The predicted molar refractivity (Wildman–Crippen MR) is 103 cm³/mol. The molecule has 0 aliphatic rings. The summed E-state index contributed by atoms with van der Waals surface area (Å²) in [6.07, 6.45) is 21.2. The molecule has 0 aliphatic heterocycles. The molecule has 0 fully saturated rings. The predicted octanol–water partition coefficient (Wildman–Crippen LogP) is 4.70. The van der Waals surface area contributed by atoms with Gasteiger partial charge < -0.3 is 14.9 Å². The molecular weight excluding hydrogens is 316 g/mol. The number of hydrogen-bond acceptors (Lipinski definition) is 4. The number of carbonyl (C=O) groups is 1. The molecule has 1 atom stereocenters. The number of aliphatic hydroxyl groups is 2. The molecule has 0 amide bonds. The number of unbranched alkanes of at least 4 members (excludes halogenated alkanes) is 8. The van der Waals surface area contributed by atoms with Gasteiger partial charge in [-0.25, -0.2) is 0 Å². The van der Waals surface area contributed by atoms with Crippen LogP contribution in [-0.2, 0) is 9.53 Å². The van der Waals surface area contributed by atoms with Gasteiger partial charge in [-0.15, -0.1) is 0 Å². The first-order valence-corrected chi connectivity index (χ1v) is 9.95. The van der Waals surface area contributed by atoms with Gasteiger partial charge in [0.05, 0.1) is 6.61 Å². The lowest BCUT2D eigenvalue weighted by atomic mass is 10.1. The first-order valence-electron chi connectivity index (χ1n) is 9.95. The van der Waals surface area contributed by atoms with E-state index in [1.807, 2.05) is 0 Å². The zero-order chi connectivity index (χ0) is 18.6. The van der Waals surface area contributed by atoms with E-state index in [4.69, 9.17) is 14.9 Å². The highest BCUT2D eigenvalue weighted by molar-refractivity contribution is 5.69. The highest BCUT2D eigenvalue weighted by atomic mass is 16.5. The number of aliphatic hydroxyl groups excluding tert-OH is 2. The van der Waals surface area contributed by atoms with Crippen LogP contribution in [0.3, 0.4) is 0 Å². The molecule has 0 rings (SSSR count). The second-order valence-electron chi connectivity index (χ2n) is 6.50. The molecule has 0 aromatic rings. The number of rotatable bonds is 17. The topological polar surface area (TPSA) is 66.8 Å². The SMILES string of the molecule is CCCCCC/C=C/C/C=C/CCCCCCC(=O)OCC(O)CO. The Morgan fingerprint density at radius 2 is 1.52 bits per heavy atom. The Bertz CT molecular complexity index is 350. The lowest BCUT2D eigenvalue weighted by Crippen LogP contribution is -2.21. The first-order chi connectivity index (χ1) is 12.2. The number of carbonyl (C=O) groups excluding carboxylic acids is 1. The van der Waals surface area contributed by atoms with Crippen LogP contribution >= 0.6 is 0 Å². The van der Waals surface area contributed by atoms with Gasteiger partial charge in [0.15, 0.2) is 0 Å². The molecule has 0 saturated carbocycles. The molecule has 0 aliphatic carbocycles. The Kier molecular flexibility index (Phi) is 18.3. The quantitative estimate of drug-likeness (QED) is 0.226. The number of ether oxygens (including phenoxy) is 1. The van der Waals surface area contributed by atoms with Gasteiger partial charge in [-0.1, -0.05) is 63.3 Å². The average Bonchev–Trinajstić information content (AvgIpc) is 2.62. The molecule has 4 nitrogen and oxygen atoms in total. The van der Waals surface area contributed by atoms with Gasteiger partial charge in [0.2, 0.25) is 0 Å². The maximum absolute atomic E-state index is 11.4. The Balaban J connectivity index is 3.32. The van der Waals surface area contributed by atoms with Crippen LogP contribution in [0.25, 0.3) is 0 Å². The molecule has 4 heteroatoms. The van der Waals surface area contributed by atoms with Crippen LogP contribution in [0, 0.1) is 0 Å². The lowest BCUT2D eigenvalue weighted by molar-refractivity contribution is -0.147. The summed E-state index contributed by atoms with van der Waals surface area (Å²) in [5.74, 6) is -0.297. The fourth-order valence-electron chi connectivity index (χ4n) is 2.39. The summed E-state index contributed by atoms with van der Waals surface area (Å²) in [7, 11) is 0. The van der Waals surface area contributed by atoms with Crippen molar-refractivity contribution in [3.63, 3.8) is 0 Å². The fraction of sp³-hybridized carbons (Fsp3) is 0.762. The second kappa shape index (κ2) is 19.2. The van der Waals surface area contributed by atoms with Gasteiger partial charge in [-0.05, 0) is 38.5 Å². The third kappa shape index (κ3) is 19.0. The van der Waals surface area contributed by atoms with Crippen molar-refractivity contribution in [2.24, 2.45) is 0 Å². The van der Waals surface area contributed by atoms with Gasteiger partial charge in [-0.3, -0.25) is 4.79 Å². The Labute approximate surface area is 154 Å². The summed E-state index contributed by atoms with van der Waals surface area (Å²) in [5, 5.41) is 17.7. The fourth-order valence-corrected chi connectivity index (χ4v) is 2.39. The summed E-state index contributed by atoms with van der Waals surface area (Å²) in [5.41, 5.74) is 0. The van der Waals surface area contributed by atoms with E-state index in [2.05, 4.69) is 31.2 Å². The average molecular weight is 355 g/mol. The van der Waals surface area contributed by atoms with E-state index >= 15 is 0 Å². The van der Waals surface area contributed by atoms with Crippen molar-refractivity contribution in [1.29, 1.82) is 0 Å². The molecule has 0 radical (unpaired) electrons. The highest BCUT2D eigenvalue weighted by Gasteiger charge is 2.07. The van der Waals surface area contributed by atoms with Crippen LogP contribution in [0.1, 0.15) is 84.0 Å². The third-order valence-electron chi connectivity index (χ3n) is 3.98. The summed E-state index contributed by atoms with van der Waals surface area (Å²) >= 11 is 0. The normalized spacial score (nSPS) is 12.9. The molecule has 146 valence electrons. The Morgan fingerprint density at radius 3 is 2.12 bits per heavy atom. The van der Waals surface area contributed by atoms with E-state index in [9.17, 15) is 4.79 Å². The standard InChI is InChI=1S/C21H38O4/c1-2-3-4-5-6-7-8-9-10-11-12-13-14-15-16-17-21(24)25-19-20(23)18-22/h7-8,10-11,20,22-23H,2-6,9,12-19H2,1H3/b8-7+,11-10+. The molecule has 0 bridgehead atoms. The molecular formula is C21H38O4. The van der Waals surface area contributed by atoms with E-state index in [1.165, 1.54) is 32.1 Å². The van der Waals surface area contributed by atoms with Gasteiger partial charge >= 0.3 is 5.97 Å². The third-order valence-corrected chi connectivity index (χ3v) is 3.98. The number of hydrogen-bond donors (Lipinski definition) is 2. The van der Waals surface area contributed by atoms with Crippen LogP contribution in [0.2, 0.25) is 0 Å². The highest BCUT2D eigenvalue weighted by Crippen LogP contribution is 2.07. The number of allylic oxidation sites excluding steroid dienone is 4. The van der Waals surface area contributed by atoms with Crippen molar-refractivity contribution in [3.05, 3.63) is 24.3 Å². The van der Waals surface area contributed by atoms with Crippen LogP contribution in [0.15, 0.2) is 24.3 Å². The van der Waals surface area contributed by atoms with Crippen molar-refractivity contribution in [1.82, 2.24) is 0 Å². The largest absolute Gasteiger partial charge is 0.463 e. The van der Waals surface area contributed by atoms with Crippen molar-refractivity contribution in [2.45, 2.75) is 90.1 Å². The van der Waals surface area contributed by atoms with E-state index in [-0.39, 0.29) is 19.2 Å². The zero-order valence-corrected chi connectivity index (χ0v) is 16.0. The minimum absolute atomic E-state index is 0.118. The summed E-state index contributed by atoms with van der Waals surface area (Å²) in [6.45, 7) is 1.74. The van der Waals surface area contributed by atoms with Gasteiger partial charge in [0, 0.05) is 6.42 Å². The molecule has 0 heterocycles. The van der Waals surface area contributed by atoms with Crippen LogP contribution < -0.4 is 0 Å². The monoisotopic (exact) mass is 354 g/mol. The van der Waals surface area contributed by atoms with Crippen molar-refractivity contribution >= 4 is 5.97 Å². The van der Waals surface area contributed by atoms with Crippen molar-refractivity contribution in [2.75, 3.05) is 13.2 Å². The molecule has 0 aromatic carbocycles. The van der Waals surface area contributed by atoms with Crippen molar-refractivity contribution < 1.29 is 19.7 Å². The zero-order valence-electron chi connectivity index (χ0n) is 16.0. The smallest absolute Gasteiger partial charge is 0.305 e. The summed E-state index contributed by atoms with van der Waals surface area (Å²) < 4.78 is 4.85. The van der Waals surface area contributed by atoms with E-state index in [0.717, 1.165) is 38.5 Å². The van der Waals surface area contributed by atoms with E-state index < -0.39 is 6.10 Å². The first kappa shape index (κ1) is 23.9. The molecule has 2 N–H and O–H groups in total. The molecule has 0 saturated heterocycles. The Hall–Kier alpha value is -1.13. The summed E-state index contributed by atoms with van der Waals surface area (Å²) in [6, 6.07) is 0. The molecule has 0 aromatic heterocycles. The molecule has 1 unspecified atom stereocenters. The van der Waals surface area contributed by atoms with Crippen LogP contribution in [0.5, 0.6) is 0 Å². The number of esters is 1. The Morgan fingerprint density at radius 1 is 0.920 bits per heavy atom. The summed E-state index contributed by atoms with van der Waals surface area (Å²) in [4.78, 5) is 11.4. The van der Waals surface area contributed by atoms with Gasteiger partial charge in [0.25, 0.3) is 0 Å². The molecule has 0 spiro atoms. The van der Waals surface area contributed by atoms with Gasteiger partial charge in [-0.2, -0.15) is 0 Å².